The molecule has 1 aliphatic heterocycles. The third-order valence-electron chi connectivity index (χ3n) is 5.56. The Kier molecular flexibility index (Phi) is 4.78. The summed E-state index contributed by atoms with van der Waals surface area (Å²) < 4.78 is 18.3. The lowest BCUT2D eigenvalue weighted by Crippen LogP contribution is -3.14. The van der Waals surface area contributed by atoms with E-state index in [9.17, 15) is 4.39 Å². The number of rotatable bonds is 5. The number of thiophene rings is 1. The number of quaternary nitrogens is 1. The Morgan fingerprint density at radius 1 is 1.14 bits per heavy atom. The lowest BCUT2D eigenvalue weighted by atomic mass is 10.2. The van der Waals surface area contributed by atoms with Crippen LogP contribution in [-0.2, 0) is 6.67 Å². The lowest BCUT2D eigenvalue weighted by Gasteiger charge is -2.33. The number of nitrogens with zero attached hydrogens (tertiary/aromatic N) is 4. The van der Waals surface area contributed by atoms with Gasteiger partial charge >= 0.3 is 0 Å². The molecule has 1 aromatic carbocycles. The molecule has 3 heterocycles. The van der Waals surface area contributed by atoms with Crippen LogP contribution in [0.25, 0.3) is 10.7 Å². The number of halogens is 1. The molecule has 5 nitrogen and oxygen atoms in total. The van der Waals surface area contributed by atoms with Crippen molar-refractivity contribution in [2.45, 2.75) is 25.6 Å². The molecule has 1 aliphatic carbocycles. The quantitative estimate of drug-likeness (QED) is 0.649. The average molecular weight is 417 g/mol. The molecule has 28 heavy (non-hydrogen) atoms. The minimum absolute atomic E-state index is 0.185. The van der Waals surface area contributed by atoms with E-state index in [1.54, 1.807) is 11.3 Å². The molecule has 2 fully saturated rings. The van der Waals surface area contributed by atoms with Crippen LogP contribution in [0, 0.1) is 10.6 Å². The SMILES string of the molecule is Fc1ccc(N2CC[NH+](Cn3nc(-c4cccs4)n(C4CC4)c3=S)CC2)cc1. The van der Waals surface area contributed by atoms with Gasteiger partial charge in [-0.2, -0.15) is 4.68 Å². The topological polar surface area (TPSA) is 30.4 Å². The standard InChI is InChI=1S/C20H22FN5S2/c21-15-3-5-16(6-4-15)24-11-9-23(10-12-24)14-25-20(27)26(17-7-8-17)19(22-25)18-2-1-13-28-18/h1-6,13,17H,7-12,14H2/p+1. The molecule has 1 N–H and O–H groups in total. The summed E-state index contributed by atoms with van der Waals surface area (Å²) in [6.07, 6.45) is 2.39. The Bertz CT molecular complexity index is 996. The van der Waals surface area contributed by atoms with Gasteiger partial charge in [-0.25, -0.2) is 4.39 Å². The smallest absolute Gasteiger partial charge is 0.203 e. The first-order valence-corrected chi connectivity index (χ1v) is 11.0. The van der Waals surface area contributed by atoms with Crippen molar-refractivity contribution in [3.63, 3.8) is 0 Å². The zero-order chi connectivity index (χ0) is 19.1. The molecule has 1 saturated carbocycles. The average Bonchev–Trinajstić information content (AvgIpc) is 3.29. The van der Waals surface area contributed by atoms with Crippen molar-refractivity contribution in [3.05, 3.63) is 52.4 Å². The van der Waals surface area contributed by atoms with Crippen molar-refractivity contribution in [3.8, 4) is 10.7 Å². The van der Waals surface area contributed by atoms with Crippen LogP contribution in [0.2, 0.25) is 0 Å². The molecule has 0 unspecified atom stereocenters. The van der Waals surface area contributed by atoms with Gasteiger partial charge in [0, 0.05) is 11.7 Å². The Labute approximate surface area is 172 Å². The predicted molar refractivity (Wildman–Crippen MR) is 112 cm³/mol. The van der Waals surface area contributed by atoms with Crippen LogP contribution in [-0.4, -0.2) is 40.5 Å². The summed E-state index contributed by atoms with van der Waals surface area (Å²) in [5, 5.41) is 7.00. The molecule has 146 valence electrons. The maximum atomic E-state index is 13.2. The maximum Gasteiger partial charge on any atom is 0.203 e. The van der Waals surface area contributed by atoms with Crippen LogP contribution < -0.4 is 9.80 Å². The van der Waals surface area contributed by atoms with Crippen molar-refractivity contribution in [2.24, 2.45) is 0 Å². The lowest BCUT2D eigenvalue weighted by molar-refractivity contribution is -0.924. The first-order chi connectivity index (χ1) is 13.7. The highest BCUT2D eigenvalue weighted by molar-refractivity contribution is 7.71. The Morgan fingerprint density at radius 3 is 2.54 bits per heavy atom. The second-order valence-corrected chi connectivity index (χ2v) is 8.87. The van der Waals surface area contributed by atoms with Gasteiger partial charge in [0.1, 0.15) is 5.82 Å². The van der Waals surface area contributed by atoms with Crippen LogP contribution >= 0.6 is 23.6 Å². The molecule has 3 aromatic rings. The van der Waals surface area contributed by atoms with Gasteiger partial charge in [-0.3, -0.25) is 4.57 Å². The largest absolute Gasteiger partial charge is 0.360 e. The second-order valence-electron chi connectivity index (χ2n) is 7.56. The molecular weight excluding hydrogens is 393 g/mol. The highest BCUT2D eigenvalue weighted by atomic mass is 32.1. The molecule has 0 bridgehead atoms. The molecule has 2 aliphatic rings. The zero-order valence-corrected chi connectivity index (χ0v) is 17.2. The van der Waals surface area contributed by atoms with Crippen molar-refractivity contribution in [1.82, 2.24) is 14.3 Å². The fraction of sp³-hybridized carbons (Fsp3) is 0.400. The van der Waals surface area contributed by atoms with E-state index in [0.717, 1.165) is 49.1 Å². The van der Waals surface area contributed by atoms with E-state index in [0.29, 0.717) is 6.04 Å². The van der Waals surface area contributed by atoms with E-state index in [-0.39, 0.29) is 5.82 Å². The zero-order valence-electron chi connectivity index (χ0n) is 15.6. The highest BCUT2D eigenvalue weighted by Gasteiger charge is 2.30. The second kappa shape index (κ2) is 7.42. The molecule has 0 amide bonds. The van der Waals surface area contributed by atoms with Gasteiger partial charge in [0.25, 0.3) is 0 Å². The fourth-order valence-electron chi connectivity index (χ4n) is 3.86. The summed E-state index contributed by atoms with van der Waals surface area (Å²) in [6.45, 7) is 4.74. The van der Waals surface area contributed by atoms with Gasteiger partial charge in [-0.15, -0.1) is 16.4 Å². The predicted octanol–water partition coefficient (Wildman–Crippen LogP) is 2.98. The highest BCUT2D eigenvalue weighted by Crippen LogP contribution is 2.39. The number of benzene rings is 1. The van der Waals surface area contributed by atoms with Gasteiger partial charge in [0.15, 0.2) is 12.5 Å². The van der Waals surface area contributed by atoms with Crippen molar-refractivity contribution in [2.75, 3.05) is 31.1 Å². The van der Waals surface area contributed by atoms with Gasteiger partial charge in [0.2, 0.25) is 4.77 Å². The summed E-state index contributed by atoms with van der Waals surface area (Å²) in [7, 11) is 0. The Balaban J connectivity index is 1.30. The number of hydrogen-bond donors (Lipinski definition) is 1. The molecule has 0 radical (unpaired) electrons. The summed E-state index contributed by atoms with van der Waals surface area (Å²) >= 11 is 7.51. The van der Waals surface area contributed by atoms with E-state index >= 15 is 0 Å². The third kappa shape index (κ3) is 3.52. The Hall–Kier alpha value is -2.03. The van der Waals surface area contributed by atoms with Gasteiger partial charge in [0.05, 0.1) is 31.1 Å². The van der Waals surface area contributed by atoms with Crippen molar-refractivity contribution >= 4 is 29.2 Å². The third-order valence-corrected chi connectivity index (χ3v) is 6.83. The van der Waals surface area contributed by atoms with Crippen LogP contribution in [0.5, 0.6) is 0 Å². The normalized spacial score (nSPS) is 18.0. The van der Waals surface area contributed by atoms with E-state index in [1.807, 2.05) is 16.8 Å². The summed E-state index contributed by atoms with van der Waals surface area (Å²) in [4.78, 5) is 4.99. The number of hydrogen-bond acceptors (Lipinski definition) is 4. The molecule has 0 atom stereocenters. The van der Waals surface area contributed by atoms with Crippen molar-refractivity contribution < 1.29 is 9.29 Å². The maximum absolute atomic E-state index is 13.2. The van der Waals surface area contributed by atoms with E-state index in [1.165, 1.54) is 34.8 Å². The van der Waals surface area contributed by atoms with Crippen LogP contribution in [0.4, 0.5) is 10.1 Å². The summed E-state index contributed by atoms with van der Waals surface area (Å²) in [5.74, 6) is 0.835. The van der Waals surface area contributed by atoms with E-state index < -0.39 is 0 Å². The summed E-state index contributed by atoms with van der Waals surface area (Å²) in [5.41, 5.74) is 1.09. The first kappa shape index (κ1) is 18.0. The number of piperazine rings is 1. The monoisotopic (exact) mass is 416 g/mol. The van der Waals surface area contributed by atoms with Crippen LogP contribution in [0.3, 0.4) is 0 Å². The molecule has 1 saturated heterocycles. The number of aromatic nitrogens is 3. The minimum atomic E-state index is -0.185. The van der Waals surface area contributed by atoms with Crippen LogP contribution in [0.15, 0.2) is 41.8 Å². The molecule has 0 spiro atoms. The van der Waals surface area contributed by atoms with Crippen LogP contribution in [0.1, 0.15) is 18.9 Å². The van der Waals surface area contributed by atoms with E-state index in [4.69, 9.17) is 17.3 Å². The van der Waals surface area contributed by atoms with Gasteiger partial charge < -0.3 is 9.80 Å². The molecule has 8 heteroatoms. The fourth-order valence-corrected chi connectivity index (χ4v) is 4.91. The number of nitrogens with one attached hydrogen (secondary N) is 1. The van der Waals surface area contributed by atoms with Gasteiger partial charge in [-0.1, -0.05) is 6.07 Å². The summed E-state index contributed by atoms with van der Waals surface area (Å²) in [6, 6.07) is 11.5. The molecular formula is C20H23FN5S2+. The first-order valence-electron chi connectivity index (χ1n) is 9.76. The molecule has 5 rings (SSSR count). The van der Waals surface area contributed by atoms with E-state index in [2.05, 4.69) is 27.0 Å². The van der Waals surface area contributed by atoms with Gasteiger partial charge in [-0.05, 0) is 60.8 Å². The number of anilines is 1. The molecule has 2 aromatic heterocycles. The Morgan fingerprint density at radius 2 is 1.89 bits per heavy atom. The van der Waals surface area contributed by atoms with Crippen molar-refractivity contribution in [1.29, 1.82) is 0 Å². The minimum Gasteiger partial charge on any atom is -0.360 e.